The zero-order chi connectivity index (χ0) is 17.8. The van der Waals surface area contributed by atoms with E-state index in [2.05, 4.69) is 10.3 Å². The van der Waals surface area contributed by atoms with E-state index in [0.29, 0.717) is 11.6 Å². The lowest BCUT2D eigenvalue weighted by atomic mass is 10.1. The molecule has 0 spiro atoms. The van der Waals surface area contributed by atoms with Crippen LogP contribution in [0.3, 0.4) is 0 Å². The molecule has 1 saturated heterocycles. The number of benzene rings is 1. The van der Waals surface area contributed by atoms with Crippen LogP contribution in [0, 0.1) is 5.92 Å². The van der Waals surface area contributed by atoms with Gasteiger partial charge in [0.2, 0.25) is 0 Å². The highest BCUT2D eigenvalue weighted by Gasteiger charge is 2.27. The molecule has 1 amide bonds. The summed E-state index contributed by atoms with van der Waals surface area (Å²) in [7, 11) is 1.95. The van der Waals surface area contributed by atoms with Crippen LogP contribution in [-0.2, 0) is 0 Å². The van der Waals surface area contributed by atoms with Gasteiger partial charge < -0.3 is 15.0 Å². The summed E-state index contributed by atoms with van der Waals surface area (Å²) in [6.45, 7) is 6.60. The third kappa shape index (κ3) is 4.38. The maximum absolute atomic E-state index is 12.6. The highest BCUT2D eigenvalue weighted by Crippen LogP contribution is 2.27. The van der Waals surface area contributed by atoms with Crippen LogP contribution in [0.15, 0.2) is 29.6 Å². The lowest BCUT2D eigenvalue weighted by molar-refractivity contribution is 0.0782. The number of likely N-dealkylation sites (tertiary alicyclic amines) is 1. The zero-order valence-corrected chi connectivity index (χ0v) is 15.8. The number of nitrogens with zero attached hydrogens (tertiary/aromatic N) is 2. The molecule has 0 aliphatic carbocycles. The van der Waals surface area contributed by atoms with Gasteiger partial charge in [0.25, 0.3) is 5.91 Å². The molecule has 25 heavy (non-hydrogen) atoms. The number of ether oxygens (including phenoxy) is 1. The molecule has 1 fully saturated rings. The van der Waals surface area contributed by atoms with E-state index in [1.165, 1.54) is 11.3 Å². The molecule has 3 rings (SSSR count). The number of amides is 1. The van der Waals surface area contributed by atoms with Gasteiger partial charge in [-0.05, 0) is 64.0 Å². The lowest BCUT2D eigenvalue weighted by Gasteiger charge is -2.15. The molecule has 1 aromatic carbocycles. The van der Waals surface area contributed by atoms with E-state index in [4.69, 9.17) is 4.74 Å². The van der Waals surface area contributed by atoms with E-state index >= 15 is 0 Å². The number of carbonyl (C=O) groups excluding carboxylic acids is 1. The SMILES string of the molecule is CNCC1CCN(C(=O)c2csc(-c3ccc(OC(C)C)cc3)n2)C1. The molecule has 1 atom stereocenters. The smallest absolute Gasteiger partial charge is 0.273 e. The van der Waals surface area contributed by atoms with Gasteiger partial charge in [-0.3, -0.25) is 4.79 Å². The molecule has 2 aromatic rings. The molecule has 1 N–H and O–H groups in total. The van der Waals surface area contributed by atoms with Crippen molar-refractivity contribution in [3.05, 3.63) is 35.3 Å². The van der Waals surface area contributed by atoms with E-state index in [1.807, 2.05) is 55.4 Å². The average molecular weight is 359 g/mol. The second kappa shape index (κ2) is 7.97. The first-order valence-electron chi connectivity index (χ1n) is 8.73. The number of nitrogens with one attached hydrogen (secondary N) is 1. The maximum atomic E-state index is 12.6. The molecular weight excluding hydrogens is 334 g/mol. The summed E-state index contributed by atoms with van der Waals surface area (Å²) in [6.07, 6.45) is 1.21. The van der Waals surface area contributed by atoms with Crippen LogP contribution in [0.2, 0.25) is 0 Å². The molecule has 0 radical (unpaired) electrons. The number of thiazole rings is 1. The lowest BCUT2D eigenvalue weighted by Crippen LogP contribution is -2.30. The normalized spacial score (nSPS) is 17.3. The highest BCUT2D eigenvalue weighted by molar-refractivity contribution is 7.13. The molecule has 2 heterocycles. The first-order chi connectivity index (χ1) is 12.1. The van der Waals surface area contributed by atoms with Crippen molar-refractivity contribution < 1.29 is 9.53 Å². The van der Waals surface area contributed by atoms with Crippen molar-refractivity contribution in [3.63, 3.8) is 0 Å². The number of rotatable bonds is 6. The Labute approximate surface area is 153 Å². The Morgan fingerprint density at radius 2 is 2.16 bits per heavy atom. The van der Waals surface area contributed by atoms with Gasteiger partial charge in [-0.1, -0.05) is 0 Å². The summed E-state index contributed by atoms with van der Waals surface area (Å²) in [5.74, 6) is 1.43. The number of hydrogen-bond donors (Lipinski definition) is 1. The van der Waals surface area contributed by atoms with Crippen LogP contribution >= 0.6 is 11.3 Å². The van der Waals surface area contributed by atoms with Gasteiger partial charge in [-0.15, -0.1) is 11.3 Å². The summed E-state index contributed by atoms with van der Waals surface area (Å²) < 4.78 is 5.66. The first-order valence-corrected chi connectivity index (χ1v) is 9.61. The molecular formula is C19H25N3O2S. The Hall–Kier alpha value is -1.92. The Morgan fingerprint density at radius 3 is 2.84 bits per heavy atom. The summed E-state index contributed by atoms with van der Waals surface area (Å²) in [6, 6.07) is 7.87. The van der Waals surface area contributed by atoms with E-state index in [-0.39, 0.29) is 12.0 Å². The van der Waals surface area contributed by atoms with Crippen molar-refractivity contribution in [1.29, 1.82) is 0 Å². The summed E-state index contributed by atoms with van der Waals surface area (Å²) in [5, 5.41) is 5.92. The molecule has 1 aliphatic heterocycles. The van der Waals surface area contributed by atoms with Crippen molar-refractivity contribution in [1.82, 2.24) is 15.2 Å². The minimum Gasteiger partial charge on any atom is -0.491 e. The number of hydrogen-bond acceptors (Lipinski definition) is 5. The van der Waals surface area contributed by atoms with Crippen LogP contribution in [0.4, 0.5) is 0 Å². The monoisotopic (exact) mass is 359 g/mol. The van der Waals surface area contributed by atoms with E-state index < -0.39 is 0 Å². The van der Waals surface area contributed by atoms with Crippen LogP contribution < -0.4 is 10.1 Å². The molecule has 0 saturated carbocycles. The van der Waals surface area contributed by atoms with Crippen LogP contribution in [0.5, 0.6) is 5.75 Å². The van der Waals surface area contributed by atoms with Gasteiger partial charge in [-0.2, -0.15) is 0 Å². The zero-order valence-electron chi connectivity index (χ0n) is 15.0. The van der Waals surface area contributed by atoms with E-state index in [9.17, 15) is 4.79 Å². The predicted molar refractivity (Wildman–Crippen MR) is 101 cm³/mol. The second-order valence-corrected chi connectivity index (χ2v) is 7.55. The van der Waals surface area contributed by atoms with Gasteiger partial charge in [0.1, 0.15) is 16.5 Å². The molecule has 1 unspecified atom stereocenters. The van der Waals surface area contributed by atoms with Crippen LogP contribution in [0.1, 0.15) is 30.8 Å². The number of carbonyl (C=O) groups is 1. The van der Waals surface area contributed by atoms with Gasteiger partial charge in [-0.25, -0.2) is 4.98 Å². The van der Waals surface area contributed by atoms with Crippen molar-refractivity contribution in [2.24, 2.45) is 5.92 Å². The first kappa shape index (κ1) is 17.9. The number of aromatic nitrogens is 1. The topological polar surface area (TPSA) is 54.5 Å². The Kier molecular flexibility index (Phi) is 5.71. The summed E-state index contributed by atoms with van der Waals surface area (Å²) in [5.41, 5.74) is 1.56. The summed E-state index contributed by atoms with van der Waals surface area (Å²) in [4.78, 5) is 19.1. The van der Waals surface area contributed by atoms with Gasteiger partial charge in [0.05, 0.1) is 6.10 Å². The predicted octanol–water partition coefficient (Wildman–Crippen LogP) is 3.28. The average Bonchev–Trinajstić information content (AvgIpc) is 3.24. The largest absolute Gasteiger partial charge is 0.491 e. The van der Waals surface area contributed by atoms with Gasteiger partial charge in [0, 0.05) is 24.0 Å². The van der Waals surface area contributed by atoms with Gasteiger partial charge in [0.15, 0.2) is 0 Å². The molecule has 1 aliphatic rings. The van der Waals surface area contributed by atoms with Crippen LogP contribution in [-0.4, -0.2) is 48.6 Å². The quantitative estimate of drug-likeness (QED) is 0.860. The molecule has 1 aromatic heterocycles. The summed E-state index contributed by atoms with van der Waals surface area (Å²) >= 11 is 1.51. The van der Waals surface area contributed by atoms with Gasteiger partial charge >= 0.3 is 0 Å². The van der Waals surface area contributed by atoms with Crippen molar-refractivity contribution in [2.75, 3.05) is 26.7 Å². The molecule has 0 bridgehead atoms. The molecule has 134 valence electrons. The second-order valence-electron chi connectivity index (χ2n) is 6.69. The third-order valence-electron chi connectivity index (χ3n) is 4.26. The Balaban J connectivity index is 1.67. The minimum absolute atomic E-state index is 0.0425. The Bertz CT molecular complexity index is 712. The van der Waals surface area contributed by atoms with Crippen molar-refractivity contribution in [3.8, 4) is 16.3 Å². The highest BCUT2D eigenvalue weighted by atomic mass is 32.1. The Morgan fingerprint density at radius 1 is 1.40 bits per heavy atom. The molecule has 5 nitrogen and oxygen atoms in total. The fourth-order valence-electron chi connectivity index (χ4n) is 3.09. The third-order valence-corrected chi connectivity index (χ3v) is 5.15. The van der Waals surface area contributed by atoms with Crippen LogP contribution in [0.25, 0.3) is 10.6 Å². The minimum atomic E-state index is 0.0425. The fourth-order valence-corrected chi connectivity index (χ4v) is 3.89. The molecule has 6 heteroatoms. The van der Waals surface area contributed by atoms with E-state index in [0.717, 1.165) is 42.4 Å². The maximum Gasteiger partial charge on any atom is 0.273 e. The standard InChI is InChI=1S/C19H25N3O2S/c1-13(2)24-16-6-4-15(5-7-16)18-21-17(12-25-18)19(23)22-9-8-14(11-22)10-20-3/h4-7,12-14,20H,8-11H2,1-3H3. The fraction of sp³-hybridized carbons (Fsp3) is 0.474. The van der Waals surface area contributed by atoms with Crippen molar-refractivity contribution in [2.45, 2.75) is 26.4 Å². The van der Waals surface area contributed by atoms with Crippen molar-refractivity contribution >= 4 is 17.2 Å². The van der Waals surface area contributed by atoms with E-state index in [1.54, 1.807) is 0 Å².